The lowest BCUT2D eigenvalue weighted by Crippen LogP contribution is -2.28. The predicted molar refractivity (Wildman–Crippen MR) is 103 cm³/mol. The Morgan fingerprint density at radius 2 is 1.50 bits per heavy atom. The number of rotatable bonds is 4. The van der Waals surface area contributed by atoms with Crippen LogP contribution < -0.4 is 4.90 Å². The van der Waals surface area contributed by atoms with Crippen molar-refractivity contribution in [3.05, 3.63) is 44.5 Å². The Kier molecular flexibility index (Phi) is 5.48. The molecule has 1 fully saturated rings. The van der Waals surface area contributed by atoms with Crippen LogP contribution in [0.2, 0.25) is 0 Å². The molecule has 0 spiro atoms. The molecule has 2 aromatic heterocycles. The van der Waals surface area contributed by atoms with E-state index in [1.165, 1.54) is 42.2 Å². The first kappa shape index (κ1) is 16.5. The third-order valence-electron chi connectivity index (χ3n) is 3.87. The lowest BCUT2D eigenvalue weighted by atomic mass is 10.1. The number of thiophene rings is 2. The molecule has 24 heavy (non-hydrogen) atoms. The van der Waals surface area contributed by atoms with Gasteiger partial charge in [-0.15, -0.1) is 22.7 Å². The molecule has 1 aliphatic heterocycles. The summed E-state index contributed by atoms with van der Waals surface area (Å²) in [7, 11) is 0. The fourth-order valence-corrected chi connectivity index (χ4v) is 4.47. The van der Waals surface area contributed by atoms with E-state index in [4.69, 9.17) is 10.5 Å². The molecule has 120 valence electrons. The number of hydrogen-bond donors (Lipinski definition) is 0. The standard InChI is InChI=1S/C19H17N3S2/c20-13-15(14-21)12-18-7-6-16(23-18)4-5-17-8-9-19(24-17)22-10-2-1-3-11-22/h4-9,12H,1-3,10-11H2/b5-4+. The molecule has 0 bridgehead atoms. The maximum absolute atomic E-state index is 8.80. The van der Waals surface area contributed by atoms with Gasteiger partial charge in [0.05, 0.1) is 5.00 Å². The highest BCUT2D eigenvalue weighted by molar-refractivity contribution is 7.17. The highest BCUT2D eigenvalue weighted by Crippen LogP contribution is 2.30. The first-order valence-corrected chi connectivity index (χ1v) is 9.56. The van der Waals surface area contributed by atoms with Crippen LogP contribution in [-0.4, -0.2) is 13.1 Å². The van der Waals surface area contributed by atoms with Crippen molar-refractivity contribution in [2.24, 2.45) is 0 Å². The Bertz CT molecular complexity index is 821. The first-order valence-electron chi connectivity index (χ1n) is 7.93. The Morgan fingerprint density at radius 1 is 0.875 bits per heavy atom. The minimum absolute atomic E-state index is 0.136. The van der Waals surface area contributed by atoms with Gasteiger partial charge >= 0.3 is 0 Å². The smallest absolute Gasteiger partial charge is 0.131 e. The summed E-state index contributed by atoms with van der Waals surface area (Å²) < 4.78 is 0. The molecule has 3 heterocycles. The molecule has 3 nitrogen and oxygen atoms in total. The maximum atomic E-state index is 8.80. The van der Waals surface area contributed by atoms with E-state index in [-0.39, 0.29) is 5.57 Å². The minimum atomic E-state index is 0.136. The van der Waals surface area contributed by atoms with Crippen molar-refractivity contribution in [2.45, 2.75) is 19.3 Å². The van der Waals surface area contributed by atoms with Gasteiger partial charge in [0.15, 0.2) is 0 Å². The zero-order valence-electron chi connectivity index (χ0n) is 13.2. The SMILES string of the molecule is N#CC(C#N)=Cc1ccc(/C=C/c2ccc(N3CCCCC3)s2)s1. The van der Waals surface area contributed by atoms with E-state index in [9.17, 15) is 0 Å². The average molecular weight is 352 g/mol. The lowest BCUT2D eigenvalue weighted by Gasteiger charge is -2.27. The molecular weight excluding hydrogens is 334 g/mol. The van der Waals surface area contributed by atoms with E-state index in [1.54, 1.807) is 17.4 Å². The molecule has 0 aliphatic carbocycles. The van der Waals surface area contributed by atoms with E-state index < -0.39 is 0 Å². The molecule has 1 aliphatic rings. The van der Waals surface area contributed by atoms with Gasteiger partial charge in [-0.1, -0.05) is 0 Å². The summed E-state index contributed by atoms with van der Waals surface area (Å²) in [6, 6.07) is 12.1. The Balaban J connectivity index is 1.67. The van der Waals surface area contributed by atoms with Crippen LogP contribution in [0, 0.1) is 22.7 Å². The van der Waals surface area contributed by atoms with Gasteiger partial charge in [-0.05, 0) is 61.8 Å². The predicted octanol–water partition coefficient (Wildman–Crippen LogP) is 5.40. The second kappa shape index (κ2) is 7.97. The molecule has 1 saturated heterocycles. The van der Waals surface area contributed by atoms with Gasteiger partial charge in [0, 0.05) is 27.7 Å². The number of hydrogen-bond acceptors (Lipinski definition) is 5. The quantitative estimate of drug-likeness (QED) is 0.693. The van der Waals surface area contributed by atoms with Crippen LogP contribution in [-0.2, 0) is 0 Å². The third kappa shape index (κ3) is 4.14. The van der Waals surface area contributed by atoms with Crippen molar-refractivity contribution < 1.29 is 0 Å². The molecule has 0 atom stereocenters. The van der Waals surface area contributed by atoms with E-state index >= 15 is 0 Å². The highest BCUT2D eigenvalue weighted by atomic mass is 32.1. The summed E-state index contributed by atoms with van der Waals surface area (Å²) in [6.45, 7) is 2.34. The number of allylic oxidation sites excluding steroid dienone is 1. The number of nitrogens with zero attached hydrogens (tertiary/aromatic N) is 3. The molecule has 0 unspecified atom stereocenters. The topological polar surface area (TPSA) is 50.8 Å². The Hall–Kier alpha value is -2.34. The van der Waals surface area contributed by atoms with Crippen LogP contribution >= 0.6 is 22.7 Å². The fraction of sp³-hybridized carbons (Fsp3) is 0.263. The fourth-order valence-electron chi connectivity index (χ4n) is 2.65. The summed E-state index contributed by atoms with van der Waals surface area (Å²) in [5, 5.41) is 19.0. The van der Waals surface area contributed by atoms with Crippen molar-refractivity contribution in [2.75, 3.05) is 18.0 Å². The van der Waals surface area contributed by atoms with E-state index in [1.807, 2.05) is 35.6 Å². The van der Waals surface area contributed by atoms with Crippen LogP contribution in [0.4, 0.5) is 5.00 Å². The normalized spacial score (nSPS) is 14.3. The zero-order chi connectivity index (χ0) is 16.8. The summed E-state index contributed by atoms with van der Waals surface area (Å²) in [5.41, 5.74) is 0.136. The summed E-state index contributed by atoms with van der Waals surface area (Å²) >= 11 is 3.40. The van der Waals surface area contributed by atoms with E-state index in [2.05, 4.69) is 29.2 Å². The molecule has 5 heteroatoms. The first-order chi connectivity index (χ1) is 11.8. The second-order valence-electron chi connectivity index (χ2n) is 5.58. The van der Waals surface area contributed by atoms with Crippen LogP contribution in [0.25, 0.3) is 18.2 Å². The number of anilines is 1. The number of piperidine rings is 1. The molecule has 0 N–H and O–H groups in total. The van der Waals surface area contributed by atoms with Crippen LogP contribution in [0.5, 0.6) is 0 Å². The monoisotopic (exact) mass is 351 g/mol. The summed E-state index contributed by atoms with van der Waals surface area (Å²) in [5.74, 6) is 0. The number of nitriles is 2. The van der Waals surface area contributed by atoms with Crippen molar-refractivity contribution in [1.82, 2.24) is 0 Å². The Labute approximate surface area is 150 Å². The summed E-state index contributed by atoms with van der Waals surface area (Å²) in [4.78, 5) is 5.76. The van der Waals surface area contributed by atoms with Crippen molar-refractivity contribution in [3.63, 3.8) is 0 Å². The average Bonchev–Trinajstić information content (AvgIpc) is 3.28. The second-order valence-corrected chi connectivity index (χ2v) is 7.82. The molecule has 0 amide bonds. The van der Waals surface area contributed by atoms with Crippen molar-refractivity contribution in [3.8, 4) is 12.1 Å². The van der Waals surface area contributed by atoms with Crippen LogP contribution in [0.15, 0.2) is 29.8 Å². The molecule has 3 rings (SSSR count). The van der Waals surface area contributed by atoms with Crippen LogP contribution in [0.1, 0.15) is 33.9 Å². The molecule has 0 radical (unpaired) electrons. The highest BCUT2D eigenvalue weighted by Gasteiger charge is 2.12. The van der Waals surface area contributed by atoms with Gasteiger partial charge in [-0.25, -0.2) is 0 Å². The van der Waals surface area contributed by atoms with Crippen molar-refractivity contribution in [1.29, 1.82) is 10.5 Å². The van der Waals surface area contributed by atoms with Gasteiger partial charge in [0.1, 0.15) is 17.7 Å². The summed E-state index contributed by atoms with van der Waals surface area (Å²) in [6.07, 6.45) is 9.79. The van der Waals surface area contributed by atoms with Crippen molar-refractivity contribution >= 4 is 45.9 Å². The van der Waals surface area contributed by atoms with E-state index in [0.717, 1.165) is 9.75 Å². The Morgan fingerprint density at radius 3 is 2.21 bits per heavy atom. The molecular formula is C19H17N3S2. The maximum Gasteiger partial charge on any atom is 0.131 e. The van der Waals surface area contributed by atoms with Gasteiger partial charge in [0.2, 0.25) is 0 Å². The third-order valence-corrected chi connectivity index (χ3v) is 5.98. The molecule has 0 aromatic carbocycles. The largest absolute Gasteiger partial charge is 0.363 e. The van der Waals surface area contributed by atoms with Crippen LogP contribution in [0.3, 0.4) is 0 Å². The zero-order valence-corrected chi connectivity index (χ0v) is 14.9. The lowest BCUT2D eigenvalue weighted by molar-refractivity contribution is 0.580. The van der Waals surface area contributed by atoms with Gasteiger partial charge < -0.3 is 4.90 Å². The van der Waals surface area contributed by atoms with Gasteiger partial charge in [-0.3, -0.25) is 0 Å². The molecule has 2 aromatic rings. The van der Waals surface area contributed by atoms with Gasteiger partial charge in [-0.2, -0.15) is 10.5 Å². The minimum Gasteiger partial charge on any atom is -0.363 e. The van der Waals surface area contributed by atoms with Gasteiger partial charge in [0.25, 0.3) is 0 Å². The van der Waals surface area contributed by atoms with E-state index in [0.29, 0.717) is 0 Å². The molecule has 0 saturated carbocycles.